The molecule has 4 aliphatic rings. The second kappa shape index (κ2) is 10.0. The maximum atomic E-state index is 12.5. The van der Waals surface area contributed by atoms with Crippen LogP contribution in [0.5, 0.6) is 0 Å². The van der Waals surface area contributed by atoms with Gasteiger partial charge in [-0.15, -0.1) is 0 Å². The molecule has 4 nitrogen and oxygen atoms in total. The van der Waals surface area contributed by atoms with Gasteiger partial charge in [-0.2, -0.15) is 0 Å². The highest BCUT2D eigenvalue weighted by Gasteiger charge is 2.49. The first-order valence-corrected chi connectivity index (χ1v) is 13.5. The SMILES string of the molecule is CCCC(=O)C1CCC2(CC1)CC(N1CCC(N3CCCC(C(=O)C(C)C)C3)CC1)C2. The fraction of sp³-hybridized carbons (Fsp3) is 0.926. The number of rotatable bonds is 7. The number of hydrogen-bond donors (Lipinski definition) is 0. The van der Waals surface area contributed by atoms with Crippen molar-refractivity contribution in [2.24, 2.45) is 23.2 Å². The van der Waals surface area contributed by atoms with Gasteiger partial charge in [-0.25, -0.2) is 0 Å². The summed E-state index contributed by atoms with van der Waals surface area (Å²) in [6, 6.07) is 1.48. The Labute approximate surface area is 190 Å². The second-order valence-electron chi connectivity index (χ2n) is 11.7. The largest absolute Gasteiger partial charge is 0.300 e. The van der Waals surface area contributed by atoms with Gasteiger partial charge in [0.05, 0.1) is 0 Å². The molecule has 0 amide bonds. The molecule has 1 unspecified atom stereocenters. The molecule has 0 bridgehead atoms. The number of piperidine rings is 2. The highest BCUT2D eigenvalue weighted by Crippen LogP contribution is 2.54. The first kappa shape index (κ1) is 23.4. The molecule has 31 heavy (non-hydrogen) atoms. The molecule has 0 N–H and O–H groups in total. The summed E-state index contributed by atoms with van der Waals surface area (Å²) in [6.07, 6.45) is 14.3. The van der Waals surface area contributed by atoms with Crippen LogP contribution >= 0.6 is 0 Å². The molecule has 4 rings (SSSR count). The minimum atomic E-state index is 0.178. The van der Waals surface area contributed by atoms with Crippen molar-refractivity contribution >= 4 is 11.6 Å². The van der Waals surface area contributed by atoms with Crippen LogP contribution in [0, 0.1) is 23.2 Å². The summed E-state index contributed by atoms with van der Waals surface area (Å²) >= 11 is 0. The van der Waals surface area contributed by atoms with Gasteiger partial charge in [0.25, 0.3) is 0 Å². The van der Waals surface area contributed by atoms with Gasteiger partial charge in [-0.3, -0.25) is 14.5 Å². The summed E-state index contributed by atoms with van der Waals surface area (Å²) < 4.78 is 0. The zero-order chi connectivity index (χ0) is 22.0. The molecule has 4 fully saturated rings. The lowest BCUT2D eigenvalue weighted by Gasteiger charge is -2.56. The summed E-state index contributed by atoms with van der Waals surface area (Å²) in [5, 5.41) is 0. The van der Waals surface area contributed by atoms with Crippen molar-refractivity contribution in [3.63, 3.8) is 0 Å². The summed E-state index contributed by atoms with van der Waals surface area (Å²) in [5.41, 5.74) is 0.571. The molecule has 2 saturated carbocycles. The number of ketones is 2. The first-order valence-electron chi connectivity index (χ1n) is 13.5. The molecular formula is C27H46N2O2. The number of Topliss-reactive ketones (excluding diaryl/α,β-unsaturated/α-hetero) is 2. The van der Waals surface area contributed by atoms with E-state index >= 15 is 0 Å². The molecule has 4 heteroatoms. The van der Waals surface area contributed by atoms with Crippen molar-refractivity contribution in [3.8, 4) is 0 Å². The van der Waals surface area contributed by atoms with Gasteiger partial charge in [-0.1, -0.05) is 20.8 Å². The lowest BCUT2D eigenvalue weighted by molar-refractivity contribution is -0.128. The third-order valence-corrected chi connectivity index (χ3v) is 9.29. The molecule has 2 heterocycles. The Hall–Kier alpha value is -0.740. The Morgan fingerprint density at radius 1 is 0.871 bits per heavy atom. The highest BCUT2D eigenvalue weighted by molar-refractivity contribution is 5.83. The molecule has 0 aromatic rings. The molecule has 2 aliphatic carbocycles. The zero-order valence-electron chi connectivity index (χ0n) is 20.4. The molecule has 1 spiro atoms. The lowest BCUT2D eigenvalue weighted by Crippen LogP contribution is -2.56. The van der Waals surface area contributed by atoms with Crippen molar-refractivity contribution in [1.82, 2.24) is 9.80 Å². The third kappa shape index (κ3) is 5.27. The molecule has 0 radical (unpaired) electrons. The number of hydrogen-bond acceptors (Lipinski definition) is 4. The molecule has 1 atom stereocenters. The molecule has 2 aliphatic heterocycles. The predicted molar refractivity (Wildman–Crippen MR) is 126 cm³/mol. The summed E-state index contributed by atoms with van der Waals surface area (Å²) in [6.45, 7) is 10.9. The van der Waals surface area contributed by atoms with Crippen molar-refractivity contribution in [2.45, 2.75) is 110 Å². The van der Waals surface area contributed by atoms with E-state index in [0.29, 0.717) is 28.9 Å². The van der Waals surface area contributed by atoms with Crippen LogP contribution in [0.4, 0.5) is 0 Å². The highest BCUT2D eigenvalue weighted by atomic mass is 16.1. The fourth-order valence-corrected chi connectivity index (χ4v) is 7.27. The van der Waals surface area contributed by atoms with Gasteiger partial charge >= 0.3 is 0 Å². The van der Waals surface area contributed by atoms with Crippen LogP contribution in [0.2, 0.25) is 0 Å². The van der Waals surface area contributed by atoms with Crippen LogP contribution in [-0.4, -0.2) is 59.6 Å². The van der Waals surface area contributed by atoms with E-state index in [1.54, 1.807) is 0 Å². The van der Waals surface area contributed by atoms with Gasteiger partial charge in [0.15, 0.2) is 0 Å². The average molecular weight is 431 g/mol. The van der Waals surface area contributed by atoms with Crippen molar-refractivity contribution < 1.29 is 9.59 Å². The first-order chi connectivity index (χ1) is 14.9. The Morgan fingerprint density at radius 3 is 2.16 bits per heavy atom. The third-order valence-electron chi connectivity index (χ3n) is 9.29. The van der Waals surface area contributed by atoms with Crippen LogP contribution in [0.1, 0.15) is 97.8 Å². The smallest absolute Gasteiger partial charge is 0.139 e. The minimum absolute atomic E-state index is 0.178. The minimum Gasteiger partial charge on any atom is -0.300 e. The molecule has 0 aromatic heterocycles. The topological polar surface area (TPSA) is 40.6 Å². The average Bonchev–Trinajstić information content (AvgIpc) is 2.77. The van der Waals surface area contributed by atoms with Crippen molar-refractivity contribution in [3.05, 3.63) is 0 Å². The summed E-state index contributed by atoms with van der Waals surface area (Å²) in [5.74, 6) is 1.84. The Bertz CT molecular complexity index is 621. The predicted octanol–water partition coefficient (Wildman–Crippen LogP) is 5.10. The van der Waals surface area contributed by atoms with E-state index in [0.717, 1.165) is 44.7 Å². The van der Waals surface area contributed by atoms with Crippen LogP contribution in [0.3, 0.4) is 0 Å². The van der Waals surface area contributed by atoms with Crippen LogP contribution in [0.25, 0.3) is 0 Å². The lowest BCUT2D eigenvalue weighted by atomic mass is 9.56. The Kier molecular flexibility index (Phi) is 7.58. The van der Waals surface area contributed by atoms with E-state index in [-0.39, 0.29) is 11.8 Å². The van der Waals surface area contributed by atoms with Crippen molar-refractivity contribution in [1.29, 1.82) is 0 Å². The van der Waals surface area contributed by atoms with Gasteiger partial charge in [0.2, 0.25) is 0 Å². The second-order valence-corrected chi connectivity index (χ2v) is 11.7. The molecule has 0 aromatic carbocycles. The zero-order valence-corrected chi connectivity index (χ0v) is 20.4. The maximum absolute atomic E-state index is 12.5. The van der Waals surface area contributed by atoms with E-state index in [1.165, 1.54) is 64.6 Å². The quantitative estimate of drug-likeness (QED) is 0.564. The normalized spacial score (nSPS) is 35.9. The fourth-order valence-electron chi connectivity index (χ4n) is 7.27. The number of nitrogens with zero attached hydrogens (tertiary/aromatic N) is 2. The Balaban J connectivity index is 1.19. The maximum Gasteiger partial charge on any atom is 0.139 e. The standard InChI is InChI=1S/C27H46N2O2/c1-4-6-25(30)21-8-12-27(13-9-21)17-24(18-27)28-15-10-23(11-16-28)29-14-5-7-22(19-29)26(31)20(2)3/h20-24H,4-19H2,1-3H3. The van der Waals surface area contributed by atoms with Crippen LogP contribution in [0.15, 0.2) is 0 Å². The Morgan fingerprint density at radius 2 is 1.55 bits per heavy atom. The summed E-state index contributed by atoms with van der Waals surface area (Å²) in [4.78, 5) is 30.2. The number of carbonyl (C=O) groups excluding carboxylic acids is 2. The molecular weight excluding hydrogens is 384 g/mol. The number of likely N-dealkylation sites (tertiary alicyclic amines) is 2. The van der Waals surface area contributed by atoms with E-state index in [4.69, 9.17) is 0 Å². The van der Waals surface area contributed by atoms with Crippen LogP contribution < -0.4 is 0 Å². The number of carbonyl (C=O) groups is 2. The van der Waals surface area contributed by atoms with Gasteiger partial charge < -0.3 is 4.90 Å². The van der Waals surface area contributed by atoms with E-state index in [1.807, 2.05) is 0 Å². The summed E-state index contributed by atoms with van der Waals surface area (Å²) in [7, 11) is 0. The van der Waals surface area contributed by atoms with Crippen molar-refractivity contribution in [2.75, 3.05) is 26.2 Å². The van der Waals surface area contributed by atoms with Gasteiger partial charge in [0.1, 0.15) is 11.6 Å². The van der Waals surface area contributed by atoms with Gasteiger partial charge in [-0.05, 0) is 95.7 Å². The van der Waals surface area contributed by atoms with Crippen LogP contribution in [-0.2, 0) is 9.59 Å². The van der Waals surface area contributed by atoms with Gasteiger partial charge in [0, 0.05) is 42.8 Å². The van der Waals surface area contributed by atoms with E-state index < -0.39 is 0 Å². The molecule has 2 saturated heterocycles. The van der Waals surface area contributed by atoms with E-state index in [9.17, 15) is 9.59 Å². The molecule has 176 valence electrons. The monoisotopic (exact) mass is 430 g/mol. The van der Waals surface area contributed by atoms with E-state index in [2.05, 4.69) is 30.6 Å².